The van der Waals surface area contributed by atoms with Crippen LogP contribution in [-0.2, 0) is 14.5 Å². The highest BCUT2D eigenvalue weighted by molar-refractivity contribution is 8.16. The van der Waals surface area contributed by atoms with Gasteiger partial charge in [0.1, 0.15) is 0 Å². The molecule has 0 unspecified atom stereocenters. The fourth-order valence-electron chi connectivity index (χ4n) is 4.21. The summed E-state index contributed by atoms with van der Waals surface area (Å²) in [6.45, 7) is 4.13. The second-order valence-corrected chi connectivity index (χ2v) is 9.26. The van der Waals surface area contributed by atoms with Crippen molar-refractivity contribution in [3.05, 3.63) is 95.0 Å². The highest BCUT2D eigenvalue weighted by atomic mass is 35.5. The zero-order valence-electron chi connectivity index (χ0n) is 18.8. The standard InChI is InChI=1S/C26H23ClN4O2S/c1-3-22-19-14-8-9-15-20(19)26(30(28-22)18-12-6-5-7-13-18)31(23-17-11-10-16-21(23)27)29-24(34-26)25(32)33-4-2/h5-17H,3-4H2,1-2H3/t26-/m1/s1. The Balaban J connectivity index is 1.81. The van der Waals surface area contributed by atoms with Gasteiger partial charge < -0.3 is 4.74 Å². The van der Waals surface area contributed by atoms with E-state index in [2.05, 4.69) is 19.1 Å². The van der Waals surface area contributed by atoms with Crippen molar-refractivity contribution in [2.75, 3.05) is 16.6 Å². The molecule has 3 aromatic carbocycles. The Labute approximate surface area is 207 Å². The average Bonchev–Trinajstić information content (AvgIpc) is 3.26. The number of para-hydroxylation sites is 2. The van der Waals surface area contributed by atoms with Gasteiger partial charge in [-0.2, -0.15) is 10.2 Å². The van der Waals surface area contributed by atoms with E-state index in [9.17, 15) is 4.79 Å². The molecule has 5 rings (SSSR count). The first-order valence-corrected chi connectivity index (χ1v) is 12.3. The summed E-state index contributed by atoms with van der Waals surface area (Å²) in [6, 6.07) is 25.5. The molecule has 6 nitrogen and oxygen atoms in total. The number of hydrogen-bond acceptors (Lipinski definition) is 7. The van der Waals surface area contributed by atoms with Gasteiger partial charge in [-0.3, -0.25) is 0 Å². The van der Waals surface area contributed by atoms with E-state index in [1.165, 1.54) is 11.8 Å². The molecule has 0 N–H and O–H groups in total. The number of nitrogens with zero attached hydrogens (tertiary/aromatic N) is 4. The Kier molecular flexibility index (Phi) is 6.06. The zero-order chi connectivity index (χ0) is 23.7. The Morgan fingerprint density at radius 3 is 2.38 bits per heavy atom. The number of thioether (sulfide) groups is 1. The lowest BCUT2D eigenvalue weighted by Crippen LogP contribution is -2.54. The number of benzene rings is 3. The minimum Gasteiger partial charge on any atom is -0.461 e. The lowest BCUT2D eigenvalue weighted by Gasteiger charge is -2.47. The van der Waals surface area contributed by atoms with E-state index in [1.807, 2.05) is 71.7 Å². The third-order valence-corrected chi connectivity index (χ3v) is 7.29. The molecule has 34 heavy (non-hydrogen) atoms. The summed E-state index contributed by atoms with van der Waals surface area (Å²) in [7, 11) is 0. The van der Waals surface area contributed by atoms with Crippen LogP contribution < -0.4 is 10.0 Å². The molecule has 2 aliphatic rings. The van der Waals surface area contributed by atoms with Crippen molar-refractivity contribution in [2.45, 2.75) is 25.3 Å². The first kappa shape index (κ1) is 22.5. The molecule has 1 spiro atoms. The summed E-state index contributed by atoms with van der Waals surface area (Å²) < 4.78 is 5.34. The van der Waals surface area contributed by atoms with Crippen LogP contribution in [0.4, 0.5) is 11.4 Å². The van der Waals surface area contributed by atoms with E-state index in [-0.39, 0.29) is 11.7 Å². The van der Waals surface area contributed by atoms with E-state index < -0.39 is 11.0 Å². The van der Waals surface area contributed by atoms with Gasteiger partial charge in [0, 0.05) is 11.1 Å². The van der Waals surface area contributed by atoms with Gasteiger partial charge in [0.05, 0.1) is 28.7 Å². The summed E-state index contributed by atoms with van der Waals surface area (Å²) in [5.74, 6) is -0.475. The van der Waals surface area contributed by atoms with Crippen LogP contribution in [0.25, 0.3) is 0 Å². The quantitative estimate of drug-likeness (QED) is 0.398. The maximum absolute atomic E-state index is 12.9. The molecule has 1 atom stereocenters. The summed E-state index contributed by atoms with van der Waals surface area (Å²) in [4.78, 5) is 11.9. The van der Waals surface area contributed by atoms with Crippen molar-refractivity contribution in [3.8, 4) is 0 Å². The molecule has 0 amide bonds. The number of hydrogen-bond donors (Lipinski definition) is 0. The van der Waals surface area contributed by atoms with Gasteiger partial charge in [0.2, 0.25) is 10.0 Å². The lowest BCUT2D eigenvalue weighted by molar-refractivity contribution is -0.134. The van der Waals surface area contributed by atoms with E-state index in [1.54, 1.807) is 11.9 Å². The second kappa shape index (κ2) is 9.16. The minimum atomic E-state index is -1.02. The van der Waals surface area contributed by atoms with Gasteiger partial charge in [0.25, 0.3) is 0 Å². The molecule has 0 radical (unpaired) electrons. The van der Waals surface area contributed by atoms with Crippen LogP contribution in [0.15, 0.2) is 89.1 Å². The Hall–Kier alpha value is -3.29. The van der Waals surface area contributed by atoms with Gasteiger partial charge in [-0.1, -0.05) is 73.1 Å². The maximum atomic E-state index is 12.9. The van der Waals surface area contributed by atoms with Gasteiger partial charge in [-0.15, -0.1) is 0 Å². The first-order chi connectivity index (χ1) is 16.6. The van der Waals surface area contributed by atoms with Gasteiger partial charge in [0.15, 0.2) is 0 Å². The molecule has 0 saturated carbocycles. The maximum Gasteiger partial charge on any atom is 0.365 e. The van der Waals surface area contributed by atoms with Gasteiger partial charge in [-0.05, 0) is 49.4 Å². The monoisotopic (exact) mass is 490 g/mol. The largest absolute Gasteiger partial charge is 0.461 e. The van der Waals surface area contributed by atoms with Crippen LogP contribution >= 0.6 is 23.4 Å². The minimum absolute atomic E-state index is 0.243. The summed E-state index contributed by atoms with van der Waals surface area (Å²) in [6.07, 6.45) is 0.749. The van der Waals surface area contributed by atoms with Gasteiger partial charge >= 0.3 is 5.97 Å². The van der Waals surface area contributed by atoms with Crippen molar-refractivity contribution in [1.29, 1.82) is 0 Å². The molecule has 0 saturated heterocycles. The van der Waals surface area contributed by atoms with Crippen molar-refractivity contribution < 1.29 is 9.53 Å². The number of anilines is 2. The number of halogens is 1. The molecule has 0 fully saturated rings. The molecule has 2 aliphatic heterocycles. The van der Waals surface area contributed by atoms with Gasteiger partial charge in [-0.25, -0.2) is 14.8 Å². The number of carbonyl (C=O) groups excluding carboxylic acids is 1. The Bertz CT molecular complexity index is 1300. The molecule has 0 aliphatic carbocycles. The first-order valence-electron chi connectivity index (χ1n) is 11.1. The van der Waals surface area contributed by atoms with E-state index in [0.29, 0.717) is 10.7 Å². The predicted octanol–water partition coefficient (Wildman–Crippen LogP) is 6.21. The molecule has 2 heterocycles. The number of rotatable bonds is 5. The highest BCUT2D eigenvalue weighted by Crippen LogP contribution is 2.55. The van der Waals surface area contributed by atoms with Crippen LogP contribution in [0, 0.1) is 0 Å². The summed E-state index contributed by atoms with van der Waals surface area (Å²) in [5.41, 5.74) is 4.48. The second-order valence-electron chi connectivity index (χ2n) is 7.69. The smallest absolute Gasteiger partial charge is 0.365 e. The lowest BCUT2D eigenvalue weighted by atomic mass is 9.96. The average molecular weight is 491 g/mol. The summed E-state index contributed by atoms with van der Waals surface area (Å²) >= 11 is 7.99. The van der Waals surface area contributed by atoms with E-state index in [0.717, 1.165) is 28.9 Å². The zero-order valence-corrected chi connectivity index (χ0v) is 20.4. The fourth-order valence-corrected chi connectivity index (χ4v) is 5.71. The molecular formula is C26H23ClN4O2S. The van der Waals surface area contributed by atoms with E-state index >= 15 is 0 Å². The Morgan fingerprint density at radius 1 is 0.941 bits per heavy atom. The normalized spacial score (nSPS) is 19.0. The van der Waals surface area contributed by atoms with Crippen LogP contribution in [0.3, 0.4) is 0 Å². The molecule has 0 bridgehead atoms. The number of ether oxygens (including phenoxy) is 1. The van der Waals surface area contributed by atoms with Crippen LogP contribution in [0.5, 0.6) is 0 Å². The third-order valence-electron chi connectivity index (χ3n) is 5.68. The topological polar surface area (TPSA) is 57.5 Å². The van der Waals surface area contributed by atoms with Crippen molar-refractivity contribution in [2.24, 2.45) is 10.2 Å². The third kappa shape index (κ3) is 3.56. The van der Waals surface area contributed by atoms with Crippen LogP contribution in [0.2, 0.25) is 5.02 Å². The molecular weight excluding hydrogens is 468 g/mol. The molecule has 172 valence electrons. The number of hydrazone groups is 2. The van der Waals surface area contributed by atoms with E-state index in [4.69, 9.17) is 26.5 Å². The number of fused-ring (bicyclic) bond motifs is 2. The predicted molar refractivity (Wildman–Crippen MR) is 139 cm³/mol. The summed E-state index contributed by atoms with van der Waals surface area (Å²) in [5, 5.41) is 14.4. The molecule has 0 aromatic heterocycles. The SMILES string of the molecule is CCOC(=O)C1=NN(c2ccccc2Cl)[C@@]2(S1)c1ccccc1C(CC)=NN2c1ccccc1. The highest BCUT2D eigenvalue weighted by Gasteiger charge is 2.56. The molecule has 3 aromatic rings. The molecule has 8 heteroatoms. The Morgan fingerprint density at radius 2 is 1.65 bits per heavy atom. The van der Waals surface area contributed by atoms with Crippen molar-refractivity contribution >= 4 is 51.5 Å². The number of carbonyl (C=O) groups is 1. The van der Waals surface area contributed by atoms with Crippen LogP contribution in [0.1, 0.15) is 31.4 Å². The van der Waals surface area contributed by atoms with Crippen molar-refractivity contribution in [1.82, 2.24) is 0 Å². The fraction of sp³-hybridized carbons (Fsp3) is 0.192. The number of esters is 1. The van der Waals surface area contributed by atoms with Crippen molar-refractivity contribution in [3.63, 3.8) is 0 Å². The van der Waals surface area contributed by atoms with Crippen LogP contribution in [-0.4, -0.2) is 23.3 Å².